The summed E-state index contributed by atoms with van der Waals surface area (Å²) in [6, 6.07) is 11.4. The second-order valence-electron chi connectivity index (χ2n) is 5.90. The van der Waals surface area contributed by atoms with Gasteiger partial charge in [-0.2, -0.15) is 0 Å². The topological polar surface area (TPSA) is 78.7 Å². The van der Waals surface area contributed by atoms with Crippen molar-refractivity contribution >= 4 is 23.3 Å². The molecule has 0 N–H and O–H groups in total. The summed E-state index contributed by atoms with van der Waals surface area (Å²) < 4.78 is 11.1. The lowest BCUT2D eigenvalue weighted by atomic mass is 9.97. The van der Waals surface area contributed by atoms with E-state index in [1.54, 1.807) is 37.3 Å². The molecule has 0 unspecified atom stereocenters. The summed E-state index contributed by atoms with van der Waals surface area (Å²) in [5.74, 6) is -0.114. The van der Waals surface area contributed by atoms with Gasteiger partial charge in [0.25, 0.3) is 5.69 Å². The van der Waals surface area contributed by atoms with Crippen LogP contribution in [0.15, 0.2) is 42.5 Å². The standard InChI is InChI=1S/C18H16ClNO5/c1-11(12-3-2-4-16(9-12)20(22)23)25-18(21)14-7-13-8-15(19)5-6-17(13)24-10-14/h2-6,8-9,11,14H,7,10H2,1H3/t11-,14+/m0/s1. The maximum absolute atomic E-state index is 12.4. The number of halogens is 1. The number of nitro benzene ring substituents is 1. The van der Waals surface area contributed by atoms with E-state index in [1.807, 2.05) is 0 Å². The fraction of sp³-hybridized carbons (Fsp3) is 0.278. The molecule has 2 aromatic rings. The zero-order valence-corrected chi connectivity index (χ0v) is 14.2. The van der Waals surface area contributed by atoms with Crippen LogP contribution < -0.4 is 4.74 Å². The molecule has 0 aromatic heterocycles. The summed E-state index contributed by atoms with van der Waals surface area (Å²) in [5, 5.41) is 11.4. The summed E-state index contributed by atoms with van der Waals surface area (Å²) in [5.41, 5.74) is 1.40. The Labute approximate surface area is 149 Å². The second kappa shape index (κ2) is 7.11. The summed E-state index contributed by atoms with van der Waals surface area (Å²) in [7, 11) is 0. The number of hydrogen-bond acceptors (Lipinski definition) is 5. The Balaban J connectivity index is 1.68. The van der Waals surface area contributed by atoms with Crippen LogP contribution in [0.2, 0.25) is 5.02 Å². The average Bonchev–Trinajstić information content (AvgIpc) is 2.61. The van der Waals surface area contributed by atoms with Gasteiger partial charge in [-0.1, -0.05) is 23.7 Å². The first-order valence-corrected chi connectivity index (χ1v) is 8.18. The number of carbonyl (C=O) groups excluding carboxylic acids is 1. The zero-order chi connectivity index (χ0) is 18.0. The van der Waals surface area contributed by atoms with E-state index in [2.05, 4.69) is 0 Å². The Hall–Kier alpha value is -2.60. The van der Waals surface area contributed by atoms with Gasteiger partial charge in [0, 0.05) is 17.2 Å². The van der Waals surface area contributed by atoms with Gasteiger partial charge >= 0.3 is 5.97 Å². The highest BCUT2D eigenvalue weighted by molar-refractivity contribution is 6.30. The summed E-state index contributed by atoms with van der Waals surface area (Å²) >= 11 is 5.98. The van der Waals surface area contributed by atoms with Crippen LogP contribution in [0.4, 0.5) is 5.69 Å². The number of carbonyl (C=O) groups is 1. The Morgan fingerprint density at radius 2 is 2.16 bits per heavy atom. The number of ether oxygens (including phenoxy) is 2. The largest absolute Gasteiger partial charge is 0.492 e. The third-order valence-electron chi connectivity index (χ3n) is 4.11. The number of benzene rings is 2. The van der Waals surface area contributed by atoms with Crippen molar-refractivity contribution in [2.75, 3.05) is 6.61 Å². The van der Waals surface area contributed by atoms with Gasteiger partial charge in [-0.15, -0.1) is 0 Å². The predicted octanol–water partition coefficient (Wildman–Crippen LogP) is 4.10. The molecule has 130 valence electrons. The molecule has 2 atom stereocenters. The first-order valence-electron chi connectivity index (χ1n) is 7.80. The first kappa shape index (κ1) is 17.2. The van der Waals surface area contributed by atoms with E-state index in [9.17, 15) is 14.9 Å². The molecule has 7 heteroatoms. The van der Waals surface area contributed by atoms with Crippen molar-refractivity contribution in [2.45, 2.75) is 19.4 Å². The van der Waals surface area contributed by atoms with E-state index >= 15 is 0 Å². The van der Waals surface area contributed by atoms with Crippen LogP contribution in [-0.4, -0.2) is 17.5 Å². The molecule has 0 spiro atoms. The number of fused-ring (bicyclic) bond motifs is 1. The molecule has 25 heavy (non-hydrogen) atoms. The smallest absolute Gasteiger partial charge is 0.313 e. The molecule has 0 aliphatic carbocycles. The molecule has 0 bridgehead atoms. The van der Waals surface area contributed by atoms with Gasteiger partial charge in [0.15, 0.2) is 0 Å². The SMILES string of the molecule is C[C@H](OC(=O)[C@H]1COc2ccc(Cl)cc2C1)c1cccc([N+](=O)[O-])c1. The van der Waals surface area contributed by atoms with Crippen LogP contribution in [0.3, 0.4) is 0 Å². The molecule has 0 saturated heterocycles. The number of non-ortho nitro benzene ring substituents is 1. The fourth-order valence-corrected chi connectivity index (χ4v) is 2.94. The van der Waals surface area contributed by atoms with Crippen molar-refractivity contribution in [3.8, 4) is 5.75 Å². The van der Waals surface area contributed by atoms with Crippen molar-refractivity contribution < 1.29 is 19.2 Å². The quantitative estimate of drug-likeness (QED) is 0.465. The molecule has 1 aliphatic heterocycles. The van der Waals surface area contributed by atoms with E-state index in [0.29, 0.717) is 17.0 Å². The molecule has 0 fully saturated rings. The highest BCUT2D eigenvalue weighted by Crippen LogP contribution is 2.31. The van der Waals surface area contributed by atoms with Gasteiger partial charge in [0.1, 0.15) is 18.5 Å². The summed E-state index contributed by atoms with van der Waals surface area (Å²) in [4.78, 5) is 22.8. The summed E-state index contributed by atoms with van der Waals surface area (Å²) in [6.45, 7) is 1.92. The van der Waals surface area contributed by atoms with E-state index in [1.165, 1.54) is 12.1 Å². The lowest BCUT2D eigenvalue weighted by Crippen LogP contribution is -2.30. The van der Waals surface area contributed by atoms with Crippen LogP contribution in [0, 0.1) is 16.0 Å². The third-order valence-corrected chi connectivity index (χ3v) is 4.34. The maximum Gasteiger partial charge on any atom is 0.313 e. The highest BCUT2D eigenvalue weighted by Gasteiger charge is 2.29. The number of rotatable bonds is 4. The van der Waals surface area contributed by atoms with E-state index in [4.69, 9.17) is 21.1 Å². The molecule has 6 nitrogen and oxygen atoms in total. The van der Waals surface area contributed by atoms with Crippen LogP contribution in [0.5, 0.6) is 5.75 Å². The van der Waals surface area contributed by atoms with Crippen molar-refractivity contribution in [1.82, 2.24) is 0 Å². The summed E-state index contributed by atoms with van der Waals surface area (Å²) in [6.07, 6.45) is -0.107. The number of nitrogens with zero attached hydrogens (tertiary/aromatic N) is 1. The highest BCUT2D eigenvalue weighted by atomic mass is 35.5. The van der Waals surface area contributed by atoms with Crippen LogP contribution >= 0.6 is 11.6 Å². The first-order chi connectivity index (χ1) is 11.9. The Morgan fingerprint density at radius 3 is 2.92 bits per heavy atom. The van der Waals surface area contributed by atoms with Crippen LogP contribution in [0.25, 0.3) is 0 Å². The molecule has 0 saturated carbocycles. The van der Waals surface area contributed by atoms with Gasteiger partial charge in [-0.3, -0.25) is 14.9 Å². The molecular formula is C18H16ClNO5. The van der Waals surface area contributed by atoms with Gasteiger partial charge in [-0.05, 0) is 42.7 Å². The zero-order valence-electron chi connectivity index (χ0n) is 13.5. The van der Waals surface area contributed by atoms with Gasteiger partial charge < -0.3 is 9.47 Å². The lowest BCUT2D eigenvalue weighted by molar-refractivity contribution is -0.385. The van der Waals surface area contributed by atoms with Crippen LogP contribution in [-0.2, 0) is 16.0 Å². The molecule has 0 radical (unpaired) electrons. The third kappa shape index (κ3) is 3.91. The Morgan fingerprint density at radius 1 is 1.36 bits per heavy atom. The van der Waals surface area contributed by atoms with E-state index in [0.717, 1.165) is 11.3 Å². The molecule has 3 rings (SSSR count). The van der Waals surface area contributed by atoms with Crippen molar-refractivity contribution in [2.24, 2.45) is 5.92 Å². The normalized spacial score (nSPS) is 17.1. The van der Waals surface area contributed by atoms with Crippen molar-refractivity contribution in [3.63, 3.8) is 0 Å². The average molecular weight is 362 g/mol. The van der Waals surface area contributed by atoms with E-state index in [-0.39, 0.29) is 12.3 Å². The maximum atomic E-state index is 12.4. The van der Waals surface area contributed by atoms with Gasteiger partial charge in [0.2, 0.25) is 0 Å². The number of hydrogen-bond donors (Lipinski definition) is 0. The minimum atomic E-state index is -0.590. The number of nitro groups is 1. The monoisotopic (exact) mass is 361 g/mol. The fourth-order valence-electron chi connectivity index (χ4n) is 2.74. The van der Waals surface area contributed by atoms with Crippen molar-refractivity contribution in [1.29, 1.82) is 0 Å². The number of esters is 1. The Kier molecular flexibility index (Phi) is 4.90. The lowest BCUT2D eigenvalue weighted by Gasteiger charge is -2.25. The van der Waals surface area contributed by atoms with Gasteiger partial charge in [-0.25, -0.2) is 0 Å². The molecule has 2 aromatic carbocycles. The Bertz CT molecular complexity index is 823. The van der Waals surface area contributed by atoms with Crippen molar-refractivity contribution in [3.05, 3.63) is 68.7 Å². The molecule has 1 aliphatic rings. The second-order valence-corrected chi connectivity index (χ2v) is 6.33. The van der Waals surface area contributed by atoms with E-state index < -0.39 is 22.9 Å². The minimum absolute atomic E-state index is 0.0371. The molecular weight excluding hydrogens is 346 g/mol. The van der Waals surface area contributed by atoms with Gasteiger partial charge in [0.05, 0.1) is 10.8 Å². The minimum Gasteiger partial charge on any atom is -0.492 e. The molecule has 1 heterocycles. The van der Waals surface area contributed by atoms with Crippen LogP contribution in [0.1, 0.15) is 24.2 Å². The predicted molar refractivity (Wildman–Crippen MR) is 91.7 cm³/mol. The molecule has 0 amide bonds.